The molecule has 0 radical (unpaired) electrons. The third-order valence-electron chi connectivity index (χ3n) is 4.93. The number of aromatic nitrogens is 1. The molecule has 1 aliphatic rings. The Labute approximate surface area is 179 Å². The van der Waals surface area contributed by atoms with E-state index in [1.807, 2.05) is 35.7 Å². The van der Waals surface area contributed by atoms with Gasteiger partial charge in [-0.3, -0.25) is 9.71 Å². The van der Waals surface area contributed by atoms with E-state index in [0.717, 1.165) is 35.5 Å². The Hall–Kier alpha value is -2.78. The first kappa shape index (κ1) is 20.5. The third kappa shape index (κ3) is 4.08. The van der Waals surface area contributed by atoms with Crippen molar-refractivity contribution in [2.24, 2.45) is 0 Å². The van der Waals surface area contributed by atoms with Gasteiger partial charge >= 0.3 is 5.97 Å². The molecule has 0 saturated carbocycles. The number of para-hydroxylation sites is 1. The van der Waals surface area contributed by atoms with Gasteiger partial charge in [-0.1, -0.05) is 12.1 Å². The van der Waals surface area contributed by atoms with Gasteiger partial charge in [-0.2, -0.15) is 11.8 Å². The lowest BCUT2D eigenvalue weighted by molar-refractivity contribution is 0.0697. The normalized spacial score (nSPS) is 14.6. The molecular formula is C21H21N3O4S2. The van der Waals surface area contributed by atoms with E-state index in [1.165, 1.54) is 12.1 Å². The summed E-state index contributed by atoms with van der Waals surface area (Å²) in [5.74, 6) is 0.772. The lowest BCUT2D eigenvalue weighted by Gasteiger charge is -2.29. The lowest BCUT2D eigenvalue weighted by atomic mass is 10.1. The number of carboxylic acid groups (broad SMARTS) is 1. The average molecular weight is 444 g/mol. The van der Waals surface area contributed by atoms with Crippen LogP contribution in [0, 0.1) is 6.92 Å². The molecular weight excluding hydrogens is 422 g/mol. The van der Waals surface area contributed by atoms with Crippen LogP contribution in [0.25, 0.3) is 10.9 Å². The Morgan fingerprint density at radius 2 is 1.93 bits per heavy atom. The van der Waals surface area contributed by atoms with Gasteiger partial charge in [0.15, 0.2) is 0 Å². The number of nitrogens with one attached hydrogen (secondary N) is 1. The Bertz CT molecular complexity index is 1220. The van der Waals surface area contributed by atoms with Gasteiger partial charge in [0.05, 0.1) is 16.8 Å². The number of sulfonamides is 1. The van der Waals surface area contributed by atoms with Crippen molar-refractivity contribution >= 4 is 50.0 Å². The van der Waals surface area contributed by atoms with E-state index in [-0.39, 0.29) is 16.1 Å². The molecule has 0 unspecified atom stereocenters. The second kappa shape index (κ2) is 8.16. The summed E-state index contributed by atoms with van der Waals surface area (Å²) in [6, 6.07) is 11.5. The topological polar surface area (TPSA) is 99.6 Å². The fourth-order valence-electron chi connectivity index (χ4n) is 3.52. The summed E-state index contributed by atoms with van der Waals surface area (Å²) < 4.78 is 28.6. The minimum Gasteiger partial charge on any atom is -0.478 e. The van der Waals surface area contributed by atoms with Gasteiger partial charge in [-0.05, 0) is 42.8 Å². The van der Waals surface area contributed by atoms with Crippen molar-refractivity contribution < 1.29 is 18.3 Å². The predicted molar refractivity (Wildman–Crippen MR) is 120 cm³/mol. The number of carbonyl (C=O) groups is 1. The first-order valence-electron chi connectivity index (χ1n) is 9.43. The summed E-state index contributed by atoms with van der Waals surface area (Å²) in [6.45, 7) is 3.41. The van der Waals surface area contributed by atoms with Crippen LogP contribution >= 0.6 is 11.8 Å². The van der Waals surface area contributed by atoms with Crippen LogP contribution in [0.4, 0.5) is 11.4 Å². The molecule has 4 rings (SSSR count). The average Bonchev–Trinajstić information content (AvgIpc) is 2.73. The molecule has 1 aromatic heterocycles. The van der Waals surface area contributed by atoms with Gasteiger partial charge < -0.3 is 10.0 Å². The summed E-state index contributed by atoms with van der Waals surface area (Å²) in [7, 11) is -3.96. The number of aromatic carboxylic acids is 1. The van der Waals surface area contributed by atoms with Gasteiger partial charge in [-0.15, -0.1) is 0 Å². The molecule has 156 valence electrons. The minimum absolute atomic E-state index is 0.0500. The van der Waals surface area contributed by atoms with E-state index in [2.05, 4.69) is 9.71 Å². The fourth-order valence-corrected chi connectivity index (χ4v) is 5.65. The van der Waals surface area contributed by atoms with Crippen LogP contribution < -0.4 is 9.62 Å². The largest absolute Gasteiger partial charge is 0.478 e. The molecule has 1 aliphatic heterocycles. The highest BCUT2D eigenvalue weighted by Gasteiger charge is 2.22. The van der Waals surface area contributed by atoms with E-state index >= 15 is 0 Å². The maximum atomic E-state index is 13.1. The fraction of sp³-hybridized carbons (Fsp3) is 0.238. The van der Waals surface area contributed by atoms with Crippen LogP contribution in [0.1, 0.15) is 15.9 Å². The Kier molecular flexibility index (Phi) is 5.57. The van der Waals surface area contributed by atoms with Crippen molar-refractivity contribution in [1.82, 2.24) is 4.98 Å². The van der Waals surface area contributed by atoms with Gasteiger partial charge in [0.25, 0.3) is 10.0 Å². The first-order chi connectivity index (χ1) is 14.3. The van der Waals surface area contributed by atoms with Gasteiger partial charge in [0.1, 0.15) is 4.90 Å². The van der Waals surface area contributed by atoms with Crippen LogP contribution in [0.5, 0.6) is 0 Å². The predicted octanol–water partition coefficient (Wildman–Crippen LogP) is 3.60. The van der Waals surface area contributed by atoms with E-state index in [0.29, 0.717) is 11.2 Å². The van der Waals surface area contributed by atoms with Crippen molar-refractivity contribution in [1.29, 1.82) is 0 Å². The third-order valence-corrected chi connectivity index (χ3v) is 7.29. The number of fused-ring (bicyclic) bond motifs is 1. The Morgan fingerprint density at radius 3 is 2.67 bits per heavy atom. The molecule has 1 saturated heterocycles. The first-order valence-corrected chi connectivity index (χ1v) is 12.1. The molecule has 9 heteroatoms. The number of benzene rings is 2. The number of rotatable bonds is 5. The van der Waals surface area contributed by atoms with E-state index in [9.17, 15) is 18.3 Å². The second-order valence-corrected chi connectivity index (χ2v) is 9.96. The van der Waals surface area contributed by atoms with E-state index in [4.69, 9.17) is 0 Å². The number of pyridine rings is 1. The maximum absolute atomic E-state index is 13.1. The Balaban J connectivity index is 1.70. The Morgan fingerprint density at radius 1 is 1.17 bits per heavy atom. The number of carboxylic acids is 1. The molecule has 1 fully saturated rings. The molecule has 3 aromatic rings. The van der Waals surface area contributed by atoms with Crippen LogP contribution in [-0.2, 0) is 10.0 Å². The molecule has 2 aromatic carbocycles. The second-order valence-electron chi connectivity index (χ2n) is 7.08. The summed E-state index contributed by atoms with van der Waals surface area (Å²) in [6.07, 6.45) is 1.62. The molecule has 2 heterocycles. The molecule has 0 spiro atoms. The highest BCUT2D eigenvalue weighted by molar-refractivity contribution is 7.99. The highest BCUT2D eigenvalue weighted by atomic mass is 32.2. The van der Waals surface area contributed by atoms with Crippen LogP contribution in [0.3, 0.4) is 0 Å². The summed E-state index contributed by atoms with van der Waals surface area (Å²) in [4.78, 5) is 18.2. The number of nitrogens with zero attached hydrogens (tertiary/aromatic N) is 2. The van der Waals surface area contributed by atoms with Crippen LogP contribution in [-0.4, -0.2) is 49.1 Å². The van der Waals surface area contributed by atoms with Gasteiger partial charge in [0.2, 0.25) is 0 Å². The molecule has 2 N–H and O–H groups in total. The SMILES string of the molecule is Cc1cnc2c(S(=O)(=O)Nc3ccc(N4CCSCC4)c(C(=O)O)c3)cccc2c1. The van der Waals surface area contributed by atoms with Crippen molar-refractivity contribution in [2.75, 3.05) is 34.2 Å². The highest BCUT2D eigenvalue weighted by Crippen LogP contribution is 2.29. The molecule has 0 aliphatic carbocycles. The molecule has 0 bridgehead atoms. The number of hydrogen-bond acceptors (Lipinski definition) is 6. The number of thioether (sulfide) groups is 1. The summed E-state index contributed by atoms with van der Waals surface area (Å²) in [5.41, 5.74) is 2.19. The number of aryl methyl sites for hydroxylation is 1. The van der Waals surface area contributed by atoms with E-state index < -0.39 is 16.0 Å². The minimum atomic E-state index is -3.96. The zero-order chi connectivity index (χ0) is 21.3. The number of hydrogen-bond donors (Lipinski definition) is 2. The lowest BCUT2D eigenvalue weighted by Crippen LogP contribution is -2.33. The zero-order valence-electron chi connectivity index (χ0n) is 16.3. The van der Waals surface area contributed by atoms with Crippen molar-refractivity contribution in [2.45, 2.75) is 11.8 Å². The summed E-state index contributed by atoms with van der Waals surface area (Å²) in [5, 5.41) is 10.4. The molecule has 0 atom stereocenters. The smallest absolute Gasteiger partial charge is 0.337 e. The quantitative estimate of drug-likeness (QED) is 0.621. The van der Waals surface area contributed by atoms with Crippen molar-refractivity contribution in [3.05, 3.63) is 59.8 Å². The molecule has 7 nitrogen and oxygen atoms in total. The summed E-state index contributed by atoms with van der Waals surface area (Å²) >= 11 is 1.83. The van der Waals surface area contributed by atoms with Crippen molar-refractivity contribution in [3.63, 3.8) is 0 Å². The maximum Gasteiger partial charge on any atom is 0.337 e. The van der Waals surface area contributed by atoms with Crippen LogP contribution in [0.15, 0.2) is 53.6 Å². The van der Waals surface area contributed by atoms with Gasteiger partial charge in [-0.25, -0.2) is 13.2 Å². The molecule has 0 amide bonds. The van der Waals surface area contributed by atoms with Crippen LogP contribution in [0.2, 0.25) is 0 Å². The monoisotopic (exact) mass is 443 g/mol. The number of anilines is 2. The molecule has 30 heavy (non-hydrogen) atoms. The van der Waals surface area contributed by atoms with Gasteiger partial charge in [0, 0.05) is 41.9 Å². The standard InChI is InChI=1S/C21H21N3O4S2/c1-14-11-15-3-2-4-19(20(15)22-13-14)30(27,28)23-16-5-6-18(17(12-16)21(25)26)24-7-9-29-10-8-24/h2-6,11-13,23H,7-10H2,1H3,(H,25,26). The van der Waals surface area contributed by atoms with Crippen molar-refractivity contribution in [3.8, 4) is 0 Å². The van der Waals surface area contributed by atoms with E-state index in [1.54, 1.807) is 24.4 Å². The zero-order valence-corrected chi connectivity index (χ0v) is 18.0.